The van der Waals surface area contributed by atoms with Crippen LogP contribution in [0.5, 0.6) is 0 Å². The number of hydrogen-bond donors (Lipinski definition) is 0. The maximum Gasteiger partial charge on any atom is 0.277 e. The third kappa shape index (κ3) is 3.77. The number of amides is 1. The van der Waals surface area contributed by atoms with Gasteiger partial charge in [-0.15, -0.1) is 10.2 Å². The van der Waals surface area contributed by atoms with E-state index in [2.05, 4.69) is 17.1 Å². The molecule has 0 N–H and O–H groups in total. The molecule has 1 aromatic heterocycles. The van der Waals surface area contributed by atoms with Gasteiger partial charge in [0.05, 0.1) is 11.3 Å². The highest BCUT2D eigenvalue weighted by atomic mass is 32.2. The summed E-state index contributed by atoms with van der Waals surface area (Å²) in [5.74, 6) is 0.0765. The molecular weight excluding hydrogens is 329 g/mol. The number of carbonyl (C=O) groups excluding carboxylic acids is 1. The van der Waals surface area contributed by atoms with E-state index < -0.39 is 5.82 Å². The van der Waals surface area contributed by atoms with Crippen LogP contribution in [0.1, 0.15) is 32.6 Å². The lowest BCUT2D eigenvalue weighted by Crippen LogP contribution is -2.44. The smallest absolute Gasteiger partial charge is 0.277 e. The molecule has 0 bridgehead atoms. The van der Waals surface area contributed by atoms with Crippen molar-refractivity contribution in [2.45, 2.75) is 43.9 Å². The van der Waals surface area contributed by atoms with Crippen molar-refractivity contribution in [3.63, 3.8) is 0 Å². The van der Waals surface area contributed by atoms with Crippen LogP contribution >= 0.6 is 11.8 Å². The average Bonchev–Trinajstić information content (AvgIpc) is 3.08. The molecule has 1 unspecified atom stereocenters. The summed E-state index contributed by atoms with van der Waals surface area (Å²) in [5.41, 5.74) is 0.269. The monoisotopic (exact) mass is 349 g/mol. The highest BCUT2D eigenvalue weighted by Gasteiger charge is 2.25. The molecule has 0 spiro atoms. The Morgan fingerprint density at radius 1 is 1.38 bits per heavy atom. The van der Waals surface area contributed by atoms with Crippen molar-refractivity contribution in [2.24, 2.45) is 0 Å². The van der Waals surface area contributed by atoms with E-state index >= 15 is 0 Å². The van der Waals surface area contributed by atoms with Gasteiger partial charge in [0.1, 0.15) is 5.82 Å². The summed E-state index contributed by atoms with van der Waals surface area (Å²) < 4.78 is 19.2. The Morgan fingerprint density at radius 3 is 3.00 bits per heavy atom. The van der Waals surface area contributed by atoms with E-state index in [4.69, 9.17) is 4.42 Å². The fraction of sp³-hybridized carbons (Fsp3) is 0.471. The van der Waals surface area contributed by atoms with Crippen LogP contribution in [-0.4, -0.2) is 39.3 Å². The van der Waals surface area contributed by atoms with Crippen LogP contribution in [0.4, 0.5) is 4.39 Å². The summed E-state index contributed by atoms with van der Waals surface area (Å²) >= 11 is 1.20. The van der Waals surface area contributed by atoms with Crippen LogP contribution in [0.15, 0.2) is 33.9 Å². The largest absolute Gasteiger partial charge is 0.411 e. The van der Waals surface area contributed by atoms with Crippen molar-refractivity contribution >= 4 is 17.7 Å². The third-order valence-corrected chi connectivity index (χ3v) is 5.05. The lowest BCUT2D eigenvalue weighted by Gasteiger charge is -2.35. The summed E-state index contributed by atoms with van der Waals surface area (Å²) in [4.78, 5) is 14.4. The predicted octanol–water partition coefficient (Wildman–Crippen LogP) is 3.76. The molecule has 0 aliphatic carbocycles. The van der Waals surface area contributed by atoms with Crippen molar-refractivity contribution in [3.05, 3.63) is 30.1 Å². The maximum atomic E-state index is 13.7. The zero-order chi connectivity index (χ0) is 16.9. The zero-order valence-corrected chi connectivity index (χ0v) is 14.4. The lowest BCUT2D eigenvalue weighted by molar-refractivity contribution is -0.132. The number of rotatable bonds is 5. The second-order valence-corrected chi connectivity index (χ2v) is 6.71. The molecule has 1 saturated heterocycles. The third-order valence-electron chi connectivity index (χ3n) is 4.25. The normalized spacial score (nSPS) is 17.9. The van der Waals surface area contributed by atoms with Crippen LogP contribution in [0.2, 0.25) is 0 Å². The quantitative estimate of drug-likeness (QED) is 0.769. The van der Waals surface area contributed by atoms with Crippen LogP contribution in [0.25, 0.3) is 11.5 Å². The molecule has 7 heteroatoms. The van der Waals surface area contributed by atoms with Gasteiger partial charge in [-0.3, -0.25) is 4.79 Å². The second kappa shape index (κ2) is 7.79. The first-order valence-corrected chi connectivity index (χ1v) is 9.18. The first-order valence-electron chi connectivity index (χ1n) is 8.19. The van der Waals surface area contributed by atoms with Crippen molar-refractivity contribution in [1.82, 2.24) is 15.1 Å². The highest BCUT2D eigenvalue weighted by molar-refractivity contribution is 7.99. The molecule has 1 aliphatic rings. The summed E-state index contributed by atoms with van der Waals surface area (Å²) in [6, 6.07) is 6.58. The molecule has 2 aromatic rings. The molecule has 128 valence electrons. The van der Waals surface area contributed by atoms with Crippen molar-refractivity contribution < 1.29 is 13.6 Å². The van der Waals surface area contributed by atoms with Crippen molar-refractivity contribution in [3.8, 4) is 11.5 Å². The fourth-order valence-corrected chi connectivity index (χ4v) is 3.62. The number of thioether (sulfide) groups is 1. The Labute approximate surface area is 144 Å². The number of aromatic nitrogens is 2. The van der Waals surface area contributed by atoms with E-state index in [1.54, 1.807) is 18.2 Å². The summed E-state index contributed by atoms with van der Waals surface area (Å²) in [6.45, 7) is 2.93. The van der Waals surface area contributed by atoms with Gasteiger partial charge in [-0.05, 0) is 37.8 Å². The van der Waals surface area contributed by atoms with Crippen molar-refractivity contribution in [2.75, 3.05) is 12.3 Å². The summed E-state index contributed by atoms with van der Waals surface area (Å²) in [6.07, 6.45) is 4.30. The molecular formula is C17H20FN3O2S. The van der Waals surface area contributed by atoms with E-state index in [0.717, 1.165) is 25.8 Å². The molecule has 0 saturated carbocycles. The van der Waals surface area contributed by atoms with Crippen LogP contribution < -0.4 is 0 Å². The molecule has 1 aromatic carbocycles. The minimum atomic E-state index is -0.409. The first kappa shape index (κ1) is 17.0. The molecule has 1 aliphatic heterocycles. The molecule has 24 heavy (non-hydrogen) atoms. The van der Waals surface area contributed by atoms with E-state index in [0.29, 0.717) is 6.04 Å². The van der Waals surface area contributed by atoms with Gasteiger partial charge in [-0.25, -0.2) is 4.39 Å². The number of likely N-dealkylation sites (tertiary alicyclic amines) is 1. The van der Waals surface area contributed by atoms with Crippen LogP contribution in [0.3, 0.4) is 0 Å². The Kier molecular flexibility index (Phi) is 5.50. The minimum absolute atomic E-state index is 0.0946. The topological polar surface area (TPSA) is 59.2 Å². The molecule has 2 heterocycles. The average molecular weight is 349 g/mol. The van der Waals surface area contributed by atoms with Gasteiger partial charge in [0, 0.05) is 12.6 Å². The van der Waals surface area contributed by atoms with Gasteiger partial charge in [0.15, 0.2) is 0 Å². The van der Waals surface area contributed by atoms with Gasteiger partial charge in [0.25, 0.3) is 11.1 Å². The van der Waals surface area contributed by atoms with Crippen LogP contribution in [0, 0.1) is 5.82 Å². The highest BCUT2D eigenvalue weighted by Crippen LogP contribution is 2.26. The minimum Gasteiger partial charge on any atom is -0.411 e. The number of piperidine rings is 1. The lowest BCUT2D eigenvalue weighted by atomic mass is 10.0. The second-order valence-electron chi connectivity index (χ2n) is 5.79. The summed E-state index contributed by atoms with van der Waals surface area (Å²) in [7, 11) is 0. The van der Waals surface area contributed by atoms with E-state index in [1.165, 1.54) is 24.2 Å². The Morgan fingerprint density at radius 2 is 2.21 bits per heavy atom. The summed E-state index contributed by atoms with van der Waals surface area (Å²) in [5, 5.41) is 8.05. The van der Waals surface area contributed by atoms with E-state index in [-0.39, 0.29) is 28.3 Å². The SMILES string of the molecule is CCC1CCCCN1C(=O)CSc1nnc(-c2ccccc2F)o1. The standard InChI is InChI=1S/C17H20FN3O2S/c1-2-12-7-5-6-10-21(12)15(22)11-24-17-20-19-16(23-17)13-8-3-4-9-14(13)18/h3-4,8-9,12H,2,5-7,10-11H2,1H3. The van der Waals surface area contributed by atoms with Gasteiger partial charge >= 0.3 is 0 Å². The number of benzene rings is 1. The van der Waals surface area contributed by atoms with Crippen molar-refractivity contribution in [1.29, 1.82) is 0 Å². The van der Waals surface area contributed by atoms with Gasteiger partial charge in [-0.1, -0.05) is 30.8 Å². The molecule has 3 rings (SSSR count). The molecule has 5 nitrogen and oxygen atoms in total. The predicted molar refractivity (Wildman–Crippen MR) is 90.1 cm³/mol. The first-order chi connectivity index (χ1) is 11.7. The van der Waals surface area contributed by atoms with Gasteiger partial charge in [0.2, 0.25) is 5.91 Å². The number of halogens is 1. The fourth-order valence-electron chi connectivity index (χ4n) is 2.97. The van der Waals surface area contributed by atoms with Gasteiger partial charge in [-0.2, -0.15) is 0 Å². The molecule has 0 radical (unpaired) electrons. The van der Waals surface area contributed by atoms with E-state index in [1.807, 2.05) is 4.90 Å². The molecule has 1 fully saturated rings. The zero-order valence-electron chi connectivity index (χ0n) is 13.6. The molecule has 1 atom stereocenters. The Hall–Kier alpha value is -1.89. The number of nitrogens with zero attached hydrogens (tertiary/aromatic N) is 3. The Balaban J connectivity index is 1.61. The number of hydrogen-bond acceptors (Lipinski definition) is 5. The molecule has 1 amide bonds. The Bertz CT molecular complexity index is 707. The van der Waals surface area contributed by atoms with Gasteiger partial charge < -0.3 is 9.32 Å². The van der Waals surface area contributed by atoms with E-state index in [9.17, 15) is 9.18 Å². The number of carbonyl (C=O) groups is 1. The maximum absolute atomic E-state index is 13.7. The van der Waals surface area contributed by atoms with Crippen LogP contribution in [-0.2, 0) is 4.79 Å².